The summed E-state index contributed by atoms with van der Waals surface area (Å²) in [6, 6.07) is 5.95. The summed E-state index contributed by atoms with van der Waals surface area (Å²) >= 11 is 0. The van der Waals surface area contributed by atoms with Crippen LogP contribution in [0.25, 0.3) is 0 Å². The third kappa shape index (κ3) is 6.14. The Bertz CT molecular complexity index is 397. The smallest absolute Gasteiger partial charge is 0.145 e. The number of ether oxygens (including phenoxy) is 3. The van der Waals surface area contributed by atoms with Gasteiger partial charge in [-0.1, -0.05) is 13.0 Å². The van der Waals surface area contributed by atoms with E-state index in [1.807, 2.05) is 18.2 Å². The Balaban J connectivity index is 2.23. The van der Waals surface area contributed by atoms with Crippen LogP contribution in [0, 0.1) is 0 Å². The van der Waals surface area contributed by atoms with E-state index in [1.165, 1.54) is 5.56 Å². The van der Waals surface area contributed by atoms with Crippen molar-refractivity contribution in [2.75, 3.05) is 39.6 Å². The van der Waals surface area contributed by atoms with Gasteiger partial charge in [0.1, 0.15) is 18.0 Å². The van der Waals surface area contributed by atoms with Crippen LogP contribution in [0.5, 0.6) is 5.75 Å². The highest BCUT2D eigenvalue weighted by Gasteiger charge is 2.03. The zero-order valence-corrected chi connectivity index (χ0v) is 12.1. The number of nitrogens with two attached hydrogens (primary N) is 1. The number of aryl methyl sites for hydroxylation is 1. The van der Waals surface area contributed by atoms with Gasteiger partial charge >= 0.3 is 0 Å². The van der Waals surface area contributed by atoms with Gasteiger partial charge in [-0.25, -0.2) is 0 Å². The largest absolute Gasteiger partial charge is 0.489 e. The maximum Gasteiger partial charge on any atom is 0.145 e. The van der Waals surface area contributed by atoms with Crippen LogP contribution >= 0.6 is 0 Å². The van der Waals surface area contributed by atoms with Gasteiger partial charge in [0.15, 0.2) is 0 Å². The molecule has 0 amide bonds. The summed E-state index contributed by atoms with van der Waals surface area (Å²) in [4.78, 5) is 3.98. The van der Waals surface area contributed by atoms with Crippen LogP contribution in [0.4, 0.5) is 5.69 Å². The van der Waals surface area contributed by atoms with E-state index in [0.29, 0.717) is 39.6 Å². The van der Waals surface area contributed by atoms with Crippen molar-refractivity contribution < 1.29 is 14.2 Å². The van der Waals surface area contributed by atoms with Gasteiger partial charge in [-0.15, -0.1) is 0 Å². The fraction of sp³-hybridized carbons (Fsp3) is 0.533. The first kappa shape index (κ1) is 16.6. The van der Waals surface area contributed by atoms with E-state index >= 15 is 0 Å². The Labute approximate surface area is 120 Å². The van der Waals surface area contributed by atoms with Crippen LogP contribution in [0.2, 0.25) is 0 Å². The number of hydrogen-bond acceptors (Lipinski definition) is 5. The van der Waals surface area contributed by atoms with Gasteiger partial charge in [-0.3, -0.25) is 4.99 Å². The Morgan fingerprint density at radius 2 is 1.80 bits per heavy atom. The molecule has 0 aliphatic carbocycles. The summed E-state index contributed by atoms with van der Waals surface area (Å²) in [5, 5.41) is 0. The Kier molecular flexibility index (Phi) is 8.62. The lowest BCUT2D eigenvalue weighted by molar-refractivity contribution is 0.0388. The first-order chi connectivity index (χ1) is 9.81. The normalized spacial score (nSPS) is 10.5. The number of benzene rings is 1. The molecule has 112 valence electrons. The predicted molar refractivity (Wildman–Crippen MR) is 81.2 cm³/mol. The average Bonchev–Trinajstić information content (AvgIpc) is 2.50. The highest BCUT2D eigenvalue weighted by molar-refractivity contribution is 5.57. The third-order valence-electron chi connectivity index (χ3n) is 2.72. The molecule has 0 fully saturated rings. The molecule has 0 spiro atoms. The molecule has 0 atom stereocenters. The monoisotopic (exact) mass is 280 g/mol. The molecule has 1 aromatic rings. The maximum atomic E-state index is 5.64. The van der Waals surface area contributed by atoms with Gasteiger partial charge in [-0.05, 0) is 30.8 Å². The van der Waals surface area contributed by atoms with Crippen molar-refractivity contribution in [3.63, 3.8) is 0 Å². The molecule has 2 N–H and O–H groups in total. The minimum absolute atomic E-state index is 0.477. The number of rotatable bonds is 11. The molecular weight excluding hydrogens is 256 g/mol. The summed E-state index contributed by atoms with van der Waals surface area (Å²) in [7, 11) is 0. The molecule has 0 aromatic heterocycles. The molecule has 1 rings (SSSR count). The molecule has 0 saturated heterocycles. The Hall–Kier alpha value is -1.43. The summed E-state index contributed by atoms with van der Waals surface area (Å²) in [6.45, 7) is 8.86. The fourth-order valence-corrected chi connectivity index (χ4v) is 1.64. The number of aliphatic imine (C=N–C) groups is 1. The van der Waals surface area contributed by atoms with E-state index in [-0.39, 0.29) is 0 Å². The molecule has 0 aliphatic heterocycles. The van der Waals surface area contributed by atoms with Crippen molar-refractivity contribution in [2.45, 2.75) is 13.3 Å². The highest BCUT2D eigenvalue weighted by Crippen LogP contribution is 2.28. The van der Waals surface area contributed by atoms with E-state index in [4.69, 9.17) is 19.9 Å². The zero-order chi connectivity index (χ0) is 14.6. The minimum atomic E-state index is 0.477. The number of hydrogen-bond donors (Lipinski definition) is 1. The molecular formula is C15H24N2O3. The molecule has 5 nitrogen and oxygen atoms in total. The molecule has 0 saturated carbocycles. The van der Waals surface area contributed by atoms with Gasteiger partial charge in [0.2, 0.25) is 0 Å². The minimum Gasteiger partial charge on any atom is -0.489 e. The summed E-state index contributed by atoms with van der Waals surface area (Å²) < 4.78 is 16.2. The zero-order valence-electron chi connectivity index (χ0n) is 12.1. The van der Waals surface area contributed by atoms with Gasteiger partial charge in [0.25, 0.3) is 0 Å². The Morgan fingerprint density at radius 3 is 2.45 bits per heavy atom. The molecule has 0 radical (unpaired) electrons. The van der Waals surface area contributed by atoms with Crippen LogP contribution in [0.1, 0.15) is 12.5 Å². The van der Waals surface area contributed by atoms with E-state index < -0.39 is 0 Å². The van der Waals surface area contributed by atoms with Crippen molar-refractivity contribution in [1.29, 1.82) is 0 Å². The lowest BCUT2D eigenvalue weighted by atomic mass is 10.1. The average molecular weight is 280 g/mol. The van der Waals surface area contributed by atoms with Gasteiger partial charge < -0.3 is 19.9 Å². The molecule has 5 heteroatoms. The van der Waals surface area contributed by atoms with Crippen molar-refractivity contribution in [3.05, 3.63) is 23.8 Å². The number of nitrogens with zero attached hydrogens (tertiary/aromatic N) is 1. The van der Waals surface area contributed by atoms with Crippen LogP contribution in [0.3, 0.4) is 0 Å². The lowest BCUT2D eigenvalue weighted by Crippen LogP contribution is -2.14. The molecule has 0 bridgehead atoms. The SMILES string of the molecule is C=Nc1cc(CC)ccc1OCCOCCOCCN. The first-order valence-corrected chi connectivity index (χ1v) is 6.89. The van der Waals surface area contributed by atoms with Gasteiger partial charge in [0, 0.05) is 6.54 Å². The van der Waals surface area contributed by atoms with E-state index in [0.717, 1.165) is 17.9 Å². The van der Waals surface area contributed by atoms with E-state index in [2.05, 4.69) is 18.6 Å². The quantitative estimate of drug-likeness (QED) is 0.497. The second-order valence-corrected chi connectivity index (χ2v) is 4.18. The van der Waals surface area contributed by atoms with E-state index in [9.17, 15) is 0 Å². The van der Waals surface area contributed by atoms with Crippen LogP contribution in [-0.4, -0.2) is 46.3 Å². The first-order valence-electron chi connectivity index (χ1n) is 6.89. The lowest BCUT2D eigenvalue weighted by Gasteiger charge is -2.10. The van der Waals surface area contributed by atoms with Crippen LogP contribution < -0.4 is 10.5 Å². The maximum absolute atomic E-state index is 5.64. The van der Waals surface area contributed by atoms with Crippen molar-refractivity contribution in [3.8, 4) is 5.75 Å². The second-order valence-electron chi connectivity index (χ2n) is 4.18. The summed E-state index contributed by atoms with van der Waals surface area (Å²) in [6.07, 6.45) is 0.967. The fourth-order valence-electron chi connectivity index (χ4n) is 1.64. The topological polar surface area (TPSA) is 66.1 Å². The molecule has 0 heterocycles. The van der Waals surface area contributed by atoms with Crippen LogP contribution in [0.15, 0.2) is 23.2 Å². The summed E-state index contributed by atoms with van der Waals surface area (Å²) in [5.41, 5.74) is 7.29. The molecule has 0 unspecified atom stereocenters. The molecule has 20 heavy (non-hydrogen) atoms. The van der Waals surface area contributed by atoms with Crippen molar-refractivity contribution in [2.24, 2.45) is 10.7 Å². The molecule has 0 aliphatic rings. The van der Waals surface area contributed by atoms with Crippen LogP contribution in [-0.2, 0) is 15.9 Å². The van der Waals surface area contributed by atoms with Gasteiger partial charge in [0.05, 0.1) is 26.4 Å². The second kappa shape index (κ2) is 10.4. The van der Waals surface area contributed by atoms with Crippen molar-refractivity contribution >= 4 is 12.4 Å². The highest BCUT2D eigenvalue weighted by atomic mass is 16.5. The predicted octanol–water partition coefficient (Wildman–Crippen LogP) is 1.95. The standard InChI is InChI=1S/C15H24N2O3/c1-3-13-4-5-15(14(12-13)17-2)20-11-10-19-9-8-18-7-6-16/h4-5,12H,2-3,6-11,16H2,1H3. The Morgan fingerprint density at radius 1 is 1.10 bits per heavy atom. The van der Waals surface area contributed by atoms with Crippen molar-refractivity contribution in [1.82, 2.24) is 0 Å². The third-order valence-corrected chi connectivity index (χ3v) is 2.72. The van der Waals surface area contributed by atoms with Gasteiger partial charge in [-0.2, -0.15) is 0 Å². The molecule has 1 aromatic carbocycles. The summed E-state index contributed by atoms with van der Waals surface area (Å²) in [5.74, 6) is 0.736. The van der Waals surface area contributed by atoms with E-state index in [1.54, 1.807) is 0 Å².